The Morgan fingerprint density at radius 3 is 2.63 bits per heavy atom. The molecule has 10 heteroatoms. The fraction of sp³-hybridized carbons (Fsp3) is 0.176. The molecule has 0 unspecified atom stereocenters. The zero-order valence-corrected chi connectivity index (χ0v) is 14.5. The highest BCUT2D eigenvalue weighted by Gasteiger charge is 2.37. The maximum atomic E-state index is 12.5. The van der Waals surface area contributed by atoms with Gasteiger partial charge in [-0.05, 0) is 48.5 Å². The topological polar surface area (TPSA) is 132 Å². The lowest BCUT2D eigenvalue weighted by molar-refractivity contribution is 0.0609. The smallest absolute Gasteiger partial charge is 0.263 e. The quantitative estimate of drug-likeness (QED) is 0.546. The third-order valence-electron chi connectivity index (χ3n) is 4.12. The zero-order chi connectivity index (χ0) is 19.1. The standard InChI is InChI=1S/C17H15N7O3/c1-9(2)23-15(25)12-5-3-10(7-13(12)16(23)26)14-6-4-11(27-14)8-19-24-17(18)20-21-22-24/h3-9H,1-2H3,(H2,18,20,22). The Morgan fingerprint density at radius 2 is 1.93 bits per heavy atom. The molecule has 3 aromatic rings. The molecule has 0 radical (unpaired) electrons. The van der Waals surface area contributed by atoms with E-state index in [1.807, 2.05) is 0 Å². The van der Waals surface area contributed by atoms with E-state index in [1.54, 1.807) is 44.2 Å². The van der Waals surface area contributed by atoms with E-state index in [2.05, 4.69) is 20.6 Å². The van der Waals surface area contributed by atoms with Crippen molar-refractivity contribution in [2.24, 2.45) is 5.10 Å². The summed E-state index contributed by atoms with van der Waals surface area (Å²) in [5.41, 5.74) is 6.99. The number of amides is 2. The van der Waals surface area contributed by atoms with Gasteiger partial charge < -0.3 is 10.2 Å². The lowest BCUT2D eigenvalue weighted by Gasteiger charge is -2.17. The molecule has 0 atom stereocenters. The molecule has 3 heterocycles. The van der Waals surface area contributed by atoms with E-state index in [0.29, 0.717) is 28.2 Å². The number of benzene rings is 1. The molecule has 4 rings (SSSR count). The van der Waals surface area contributed by atoms with Crippen LogP contribution in [0.3, 0.4) is 0 Å². The monoisotopic (exact) mass is 365 g/mol. The van der Waals surface area contributed by atoms with Crippen LogP contribution in [0.5, 0.6) is 0 Å². The highest BCUT2D eigenvalue weighted by molar-refractivity contribution is 6.21. The van der Waals surface area contributed by atoms with E-state index in [9.17, 15) is 9.59 Å². The Labute approximate surface area is 153 Å². The molecular weight excluding hydrogens is 350 g/mol. The Hall–Kier alpha value is -3.82. The minimum absolute atomic E-state index is 0.0505. The first-order chi connectivity index (χ1) is 13.0. The summed E-state index contributed by atoms with van der Waals surface area (Å²) in [6, 6.07) is 8.30. The predicted molar refractivity (Wildman–Crippen MR) is 95.0 cm³/mol. The highest BCUT2D eigenvalue weighted by Crippen LogP contribution is 2.30. The lowest BCUT2D eigenvalue weighted by Crippen LogP contribution is -2.35. The number of nitrogens with two attached hydrogens (primary N) is 1. The van der Waals surface area contributed by atoms with Crippen LogP contribution in [0.1, 0.15) is 40.3 Å². The summed E-state index contributed by atoms with van der Waals surface area (Å²) in [5, 5.41) is 14.5. The average molecular weight is 365 g/mol. The van der Waals surface area contributed by atoms with Crippen molar-refractivity contribution >= 4 is 24.0 Å². The summed E-state index contributed by atoms with van der Waals surface area (Å²) in [4.78, 5) is 27.2. The van der Waals surface area contributed by atoms with Gasteiger partial charge in [-0.2, -0.15) is 5.10 Å². The van der Waals surface area contributed by atoms with Crippen LogP contribution < -0.4 is 5.73 Å². The molecule has 0 bridgehead atoms. The number of furan rings is 1. The third-order valence-corrected chi connectivity index (χ3v) is 4.12. The van der Waals surface area contributed by atoms with Crippen LogP contribution in [0, 0.1) is 0 Å². The zero-order valence-electron chi connectivity index (χ0n) is 14.5. The largest absolute Gasteiger partial charge is 0.455 e. The molecule has 10 nitrogen and oxygen atoms in total. The normalized spacial score (nSPS) is 14.0. The number of hydrogen-bond donors (Lipinski definition) is 1. The van der Waals surface area contributed by atoms with Crippen molar-refractivity contribution in [3.05, 3.63) is 47.2 Å². The van der Waals surface area contributed by atoms with Crippen LogP contribution in [-0.4, -0.2) is 49.3 Å². The summed E-state index contributed by atoms with van der Waals surface area (Å²) >= 11 is 0. The van der Waals surface area contributed by atoms with Crippen molar-refractivity contribution < 1.29 is 14.0 Å². The minimum Gasteiger partial charge on any atom is -0.455 e. The van der Waals surface area contributed by atoms with Crippen molar-refractivity contribution in [3.63, 3.8) is 0 Å². The first-order valence-corrected chi connectivity index (χ1v) is 8.16. The van der Waals surface area contributed by atoms with E-state index >= 15 is 0 Å². The summed E-state index contributed by atoms with van der Waals surface area (Å²) in [5.74, 6) is 0.463. The molecule has 1 aliphatic rings. The van der Waals surface area contributed by atoms with E-state index in [4.69, 9.17) is 10.2 Å². The minimum atomic E-state index is -0.297. The van der Waals surface area contributed by atoms with E-state index in [-0.39, 0.29) is 23.8 Å². The van der Waals surface area contributed by atoms with Crippen molar-refractivity contribution in [2.75, 3.05) is 5.73 Å². The van der Waals surface area contributed by atoms with Gasteiger partial charge in [0, 0.05) is 11.6 Å². The van der Waals surface area contributed by atoms with Crippen LogP contribution in [0.4, 0.5) is 5.95 Å². The molecule has 0 spiro atoms. The van der Waals surface area contributed by atoms with Gasteiger partial charge in [-0.25, -0.2) is 0 Å². The molecular formula is C17H15N7O3. The molecule has 1 aliphatic heterocycles. The fourth-order valence-electron chi connectivity index (χ4n) is 2.84. The number of aromatic nitrogens is 4. The first-order valence-electron chi connectivity index (χ1n) is 8.16. The molecule has 2 aromatic heterocycles. The molecule has 27 heavy (non-hydrogen) atoms. The highest BCUT2D eigenvalue weighted by atomic mass is 16.3. The van der Waals surface area contributed by atoms with Crippen LogP contribution >= 0.6 is 0 Å². The number of nitrogens with zero attached hydrogens (tertiary/aromatic N) is 6. The van der Waals surface area contributed by atoms with Crippen LogP contribution in [0.15, 0.2) is 39.9 Å². The van der Waals surface area contributed by atoms with Crippen LogP contribution in [-0.2, 0) is 0 Å². The second-order valence-corrected chi connectivity index (χ2v) is 6.21. The number of anilines is 1. The van der Waals surface area contributed by atoms with Crippen LogP contribution in [0.2, 0.25) is 0 Å². The van der Waals surface area contributed by atoms with Gasteiger partial charge in [0.2, 0.25) is 0 Å². The maximum absolute atomic E-state index is 12.5. The second kappa shape index (κ2) is 6.16. The summed E-state index contributed by atoms with van der Waals surface area (Å²) < 4.78 is 5.72. The fourth-order valence-corrected chi connectivity index (χ4v) is 2.84. The van der Waals surface area contributed by atoms with E-state index in [0.717, 1.165) is 4.79 Å². The number of imide groups is 1. The maximum Gasteiger partial charge on any atom is 0.263 e. The van der Waals surface area contributed by atoms with Crippen molar-refractivity contribution in [1.29, 1.82) is 0 Å². The van der Waals surface area contributed by atoms with E-state index in [1.165, 1.54) is 11.1 Å². The molecule has 0 saturated carbocycles. The number of nitrogen functional groups attached to an aromatic ring is 1. The van der Waals surface area contributed by atoms with E-state index < -0.39 is 0 Å². The van der Waals surface area contributed by atoms with Gasteiger partial charge in [0.1, 0.15) is 11.5 Å². The molecule has 0 fully saturated rings. The Bertz CT molecular complexity index is 1080. The van der Waals surface area contributed by atoms with Crippen molar-refractivity contribution in [3.8, 4) is 11.3 Å². The number of carbonyl (C=O) groups is 2. The Morgan fingerprint density at radius 1 is 1.15 bits per heavy atom. The molecule has 136 valence electrons. The summed E-state index contributed by atoms with van der Waals surface area (Å²) in [7, 11) is 0. The molecule has 0 aliphatic carbocycles. The number of carbonyl (C=O) groups excluding carboxylic acids is 2. The van der Waals surface area contributed by atoms with Gasteiger partial charge in [-0.3, -0.25) is 14.5 Å². The van der Waals surface area contributed by atoms with Crippen molar-refractivity contribution in [2.45, 2.75) is 19.9 Å². The van der Waals surface area contributed by atoms with Gasteiger partial charge in [0.05, 0.1) is 17.3 Å². The summed E-state index contributed by atoms with van der Waals surface area (Å²) in [6.07, 6.45) is 1.42. The first kappa shape index (κ1) is 16.6. The van der Waals surface area contributed by atoms with Gasteiger partial charge in [-0.15, -0.1) is 0 Å². The van der Waals surface area contributed by atoms with Gasteiger partial charge in [0.25, 0.3) is 17.8 Å². The second-order valence-electron chi connectivity index (χ2n) is 6.21. The number of fused-ring (bicyclic) bond motifs is 1. The molecule has 2 amide bonds. The van der Waals surface area contributed by atoms with Crippen LogP contribution in [0.25, 0.3) is 11.3 Å². The van der Waals surface area contributed by atoms with Gasteiger partial charge >= 0.3 is 0 Å². The Balaban J connectivity index is 1.62. The molecule has 0 saturated heterocycles. The summed E-state index contributed by atoms with van der Waals surface area (Å²) in [6.45, 7) is 3.61. The number of tetrazole rings is 1. The van der Waals surface area contributed by atoms with Crippen molar-refractivity contribution in [1.82, 2.24) is 25.2 Å². The SMILES string of the molecule is CC(C)N1C(=O)c2ccc(-c3ccc(C=Nn4nnnc4N)o3)cc2C1=O. The Kier molecular flexibility index (Phi) is 3.80. The molecule has 1 aromatic carbocycles. The third kappa shape index (κ3) is 2.76. The lowest BCUT2D eigenvalue weighted by atomic mass is 10.0. The predicted octanol–water partition coefficient (Wildman–Crippen LogP) is 1.40. The number of hydrogen-bond acceptors (Lipinski definition) is 8. The number of rotatable bonds is 4. The average Bonchev–Trinajstić information content (AvgIpc) is 3.33. The molecule has 2 N–H and O–H groups in total. The van der Waals surface area contributed by atoms with Gasteiger partial charge in [0.15, 0.2) is 0 Å². The van der Waals surface area contributed by atoms with Gasteiger partial charge in [-0.1, -0.05) is 16.0 Å².